The first-order chi connectivity index (χ1) is 13.7. The molecule has 1 fully saturated rings. The lowest BCUT2D eigenvalue weighted by Crippen LogP contribution is -2.32. The molecule has 1 saturated heterocycles. The molecule has 0 bridgehead atoms. The molecule has 1 atom stereocenters. The highest BCUT2D eigenvalue weighted by molar-refractivity contribution is 6.00. The number of rotatable bonds is 5. The van der Waals surface area contributed by atoms with Gasteiger partial charge in [-0.1, -0.05) is 18.2 Å². The van der Waals surface area contributed by atoms with Crippen LogP contribution in [0.3, 0.4) is 0 Å². The van der Waals surface area contributed by atoms with Crippen LogP contribution in [-0.2, 0) is 16.1 Å². The van der Waals surface area contributed by atoms with Crippen molar-refractivity contribution in [1.29, 1.82) is 0 Å². The van der Waals surface area contributed by atoms with E-state index in [0.717, 1.165) is 22.5 Å². The predicted molar refractivity (Wildman–Crippen MR) is 106 cm³/mol. The Morgan fingerprint density at radius 3 is 2.64 bits per heavy atom. The zero-order valence-electron chi connectivity index (χ0n) is 15.3. The summed E-state index contributed by atoms with van der Waals surface area (Å²) in [6.07, 6.45) is 5.41. The van der Waals surface area contributed by atoms with Gasteiger partial charge in [0.05, 0.1) is 11.6 Å². The van der Waals surface area contributed by atoms with Gasteiger partial charge in [0.15, 0.2) is 0 Å². The molecule has 140 valence electrons. The summed E-state index contributed by atoms with van der Waals surface area (Å²) in [6.45, 7) is 0.808. The molecule has 1 N–H and O–H groups in total. The van der Waals surface area contributed by atoms with Crippen LogP contribution in [0, 0.1) is 5.92 Å². The van der Waals surface area contributed by atoms with Crippen LogP contribution in [-0.4, -0.2) is 28.3 Å². The number of pyridine rings is 2. The van der Waals surface area contributed by atoms with Gasteiger partial charge in [-0.2, -0.15) is 0 Å². The molecule has 1 aromatic carbocycles. The van der Waals surface area contributed by atoms with Crippen molar-refractivity contribution in [1.82, 2.24) is 15.3 Å². The van der Waals surface area contributed by atoms with Gasteiger partial charge >= 0.3 is 0 Å². The predicted octanol–water partition coefficient (Wildman–Crippen LogP) is 2.81. The van der Waals surface area contributed by atoms with Crippen LogP contribution < -0.4 is 10.2 Å². The van der Waals surface area contributed by atoms with E-state index < -0.39 is 0 Å². The summed E-state index contributed by atoms with van der Waals surface area (Å²) in [7, 11) is 0. The Kier molecular flexibility index (Phi) is 5.10. The van der Waals surface area contributed by atoms with E-state index in [9.17, 15) is 9.59 Å². The SMILES string of the molecule is O=C(NCc1ccnc(-c2ccncc2)c1)C1CC(=O)N(c2ccccc2)C1. The molecule has 28 heavy (non-hydrogen) atoms. The molecule has 2 amide bonds. The van der Waals surface area contributed by atoms with Gasteiger partial charge in [0.2, 0.25) is 11.8 Å². The minimum Gasteiger partial charge on any atom is -0.352 e. The maximum atomic E-state index is 12.6. The summed E-state index contributed by atoms with van der Waals surface area (Å²) < 4.78 is 0. The van der Waals surface area contributed by atoms with Crippen molar-refractivity contribution < 1.29 is 9.59 Å². The van der Waals surface area contributed by atoms with Crippen LogP contribution in [0.4, 0.5) is 5.69 Å². The van der Waals surface area contributed by atoms with Gasteiger partial charge in [-0.15, -0.1) is 0 Å². The molecule has 0 aliphatic carbocycles. The number of benzene rings is 1. The van der Waals surface area contributed by atoms with Crippen LogP contribution in [0.15, 0.2) is 73.2 Å². The van der Waals surface area contributed by atoms with E-state index in [-0.39, 0.29) is 24.2 Å². The summed E-state index contributed by atoms with van der Waals surface area (Å²) in [5, 5.41) is 2.95. The van der Waals surface area contributed by atoms with Gasteiger partial charge < -0.3 is 10.2 Å². The Balaban J connectivity index is 1.38. The van der Waals surface area contributed by atoms with Gasteiger partial charge in [-0.25, -0.2) is 0 Å². The first-order valence-electron chi connectivity index (χ1n) is 9.19. The molecular formula is C22H20N4O2. The Bertz CT molecular complexity index is 976. The fourth-order valence-corrected chi connectivity index (χ4v) is 3.34. The second-order valence-corrected chi connectivity index (χ2v) is 6.74. The quantitative estimate of drug-likeness (QED) is 0.747. The lowest BCUT2D eigenvalue weighted by molar-refractivity contribution is -0.126. The third-order valence-corrected chi connectivity index (χ3v) is 4.83. The number of anilines is 1. The second-order valence-electron chi connectivity index (χ2n) is 6.74. The van der Waals surface area contributed by atoms with E-state index in [1.165, 1.54) is 0 Å². The lowest BCUT2D eigenvalue weighted by atomic mass is 10.1. The minimum absolute atomic E-state index is 0.0183. The van der Waals surface area contributed by atoms with Gasteiger partial charge in [0, 0.05) is 49.4 Å². The third-order valence-electron chi connectivity index (χ3n) is 4.83. The van der Waals surface area contributed by atoms with Gasteiger partial charge in [-0.3, -0.25) is 19.6 Å². The molecule has 4 rings (SSSR count). The largest absolute Gasteiger partial charge is 0.352 e. The first-order valence-corrected chi connectivity index (χ1v) is 9.19. The normalized spacial score (nSPS) is 16.2. The van der Waals surface area contributed by atoms with Crippen LogP contribution in [0.1, 0.15) is 12.0 Å². The van der Waals surface area contributed by atoms with Crippen LogP contribution in [0.2, 0.25) is 0 Å². The summed E-state index contributed by atoms with van der Waals surface area (Å²) in [5.41, 5.74) is 3.60. The second kappa shape index (κ2) is 8.00. The van der Waals surface area contributed by atoms with Gasteiger partial charge in [-0.05, 0) is 42.0 Å². The molecule has 3 heterocycles. The Morgan fingerprint density at radius 1 is 1.07 bits per heavy atom. The van der Waals surface area contributed by atoms with E-state index in [1.807, 2.05) is 54.6 Å². The summed E-state index contributed by atoms with van der Waals surface area (Å²) in [6, 6.07) is 17.1. The monoisotopic (exact) mass is 372 g/mol. The molecule has 3 aromatic rings. The topological polar surface area (TPSA) is 75.2 Å². The van der Waals surface area contributed by atoms with Crippen molar-refractivity contribution in [3.8, 4) is 11.3 Å². The maximum Gasteiger partial charge on any atom is 0.227 e. The number of carbonyl (C=O) groups excluding carboxylic acids is 2. The average molecular weight is 372 g/mol. The highest BCUT2D eigenvalue weighted by atomic mass is 16.2. The lowest BCUT2D eigenvalue weighted by Gasteiger charge is -2.16. The van der Waals surface area contributed by atoms with Gasteiger partial charge in [0.25, 0.3) is 0 Å². The summed E-state index contributed by atoms with van der Waals surface area (Å²) in [4.78, 5) is 34.9. The zero-order chi connectivity index (χ0) is 19.3. The van der Waals surface area contributed by atoms with Crippen molar-refractivity contribution in [3.63, 3.8) is 0 Å². The molecule has 1 unspecified atom stereocenters. The molecule has 6 heteroatoms. The molecule has 0 saturated carbocycles. The number of amides is 2. The third kappa shape index (κ3) is 3.91. The zero-order valence-corrected chi connectivity index (χ0v) is 15.3. The van der Waals surface area contributed by atoms with Crippen molar-refractivity contribution in [2.75, 3.05) is 11.4 Å². The summed E-state index contributed by atoms with van der Waals surface area (Å²) >= 11 is 0. The molecule has 0 spiro atoms. The van der Waals surface area contributed by atoms with Crippen molar-refractivity contribution in [2.24, 2.45) is 5.92 Å². The van der Waals surface area contributed by atoms with E-state index >= 15 is 0 Å². The Hall–Kier alpha value is -3.54. The Labute approximate surface area is 163 Å². The van der Waals surface area contributed by atoms with Crippen molar-refractivity contribution in [3.05, 3.63) is 78.8 Å². The molecule has 1 aliphatic rings. The van der Waals surface area contributed by atoms with E-state index in [0.29, 0.717) is 13.1 Å². The number of aromatic nitrogens is 2. The number of para-hydroxylation sites is 1. The fraction of sp³-hybridized carbons (Fsp3) is 0.182. The number of hydrogen-bond acceptors (Lipinski definition) is 4. The van der Waals surface area contributed by atoms with E-state index in [4.69, 9.17) is 0 Å². The average Bonchev–Trinajstić information content (AvgIpc) is 3.15. The molecule has 2 aromatic heterocycles. The molecule has 0 radical (unpaired) electrons. The highest BCUT2D eigenvalue weighted by Crippen LogP contribution is 2.25. The number of carbonyl (C=O) groups is 2. The number of nitrogens with zero attached hydrogens (tertiary/aromatic N) is 3. The highest BCUT2D eigenvalue weighted by Gasteiger charge is 2.34. The molecule has 1 aliphatic heterocycles. The van der Waals surface area contributed by atoms with Crippen LogP contribution >= 0.6 is 0 Å². The van der Waals surface area contributed by atoms with Crippen LogP contribution in [0.25, 0.3) is 11.3 Å². The smallest absolute Gasteiger partial charge is 0.227 e. The van der Waals surface area contributed by atoms with Crippen molar-refractivity contribution in [2.45, 2.75) is 13.0 Å². The number of nitrogens with one attached hydrogen (secondary N) is 1. The van der Waals surface area contributed by atoms with E-state index in [1.54, 1.807) is 23.5 Å². The first kappa shape index (κ1) is 17.9. The van der Waals surface area contributed by atoms with Crippen LogP contribution in [0.5, 0.6) is 0 Å². The minimum atomic E-state index is -0.339. The summed E-state index contributed by atoms with van der Waals surface area (Å²) in [5.74, 6) is -0.460. The molecular weight excluding hydrogens is 352 g/mol. The number of hydrogen-bond donors (Lipinski definition) is 1. The van der Waals surface area contributed by atoms with Gasteiger partial charge in [0.1, 0.15) is 0 Å². The standard InChI is InChI=1S/C22H20N4O2/c27-21-13-18(15-26(21)19-4-2-1-3-5-19)22(28)25-14-16-6-11-24-20(12-16)17-7-9-23-10-8-17/h1-12,18H,13-15H2,(H,25,28). The van der Waals surface area contributed by atoms with Crippen molar-refractivity contribution >= 4 is 17.5 Å². The maximum absolute atomic E-state index is 12.6. The van der Waals surface area contributed by atoms with E-state index in [2.05, 4.69) is 15.3 Å². The Morgan fingerprint density at radius 2 is 1.86 bits per heavy atom. The fourth-order valence-electron chi connectivity index (χ4n) is 3.34. The molecule has 6 nitrogen and oxygen atoms in total.